The van der Waals surface area contributed by atoms with Crippen LogP contribution in [0.25, 0.3) is 0 Å². The third-order valence-corrected chi connectivity index (χ3v) is 7.76. The fraction of sp³-hybridized carbons (Fsp3) is 0.435. The van der Waals surface area contributed by atoms with Gasteiger partial charge in [0.2, 0.25) is 5.78 Å². The fourth-order valence-electron chi connectivity index (χ4n) is 5.86. The molecule has 33 heavy (non-hydrogen) atoms. The van der Waals surface area contributed by atoms with E-state index in [-0.39, 0.29) is 11.3 Å². The van der Waals surface area contributed by atoms with Crippen molar-refractivity contribution in [2.45, 2.75) is 37.0 Å². The molecular formula is C23H26N2O8. The van der Waals surface area contributed by atoms with Crippen molar-refractivity contribution in [2.75, 3.05) is 14.1 Å². The van der Waals surface area contributed by atoms with Crippen LogP contribution < -0.4 is 5.73 Å². The summed E-state index contributed by atoms with van der Waals surface area (Å²) in [6.07, 6.45) is -1.62. The monoisotopic (exact) mass is 458 g/mol. The number of hydrogen-bond donors (Lipinski definition) is 6. The number of amides is 1. The molecule has 4 rings (SSSR count). The van der Waals surface area contributed by atoms with E-state index in [0.29, 0.717) is 5.56 Å². The Kier molecular flexibility index (Phi) is 4.80. The number of phenolic OH excluding ortho intramolecular Hbond substituents is 1. The lowest BCUT2D eigenvalue weighted by Crippen LogP contribution is -2.72. The average molecular weight is 458 g/mol. The normalized spacial score (nSPS) is 36.0. The Bertz CT molecular complexity index is 1180. The molecule has 176 valence electrons. The van der Waals surface area contributed by atoms with Crippen molar-refractivity contribution in [1.82, 2.24) is 4.90 Å². The molecule has 1 aromatic rings. The molecular weight excluding hydrogens is 432 g/mol. The van der Waals surface area contributed by atoms with Crippen molar-refractivity contribution in [3.05, 3.63) is 52.0 Å². The van der Waals surface area contributed by atoms with Crippen LogP contribution in [0.2, 0.25) is 0 Å². The molecule has 0 fully saturated rings. The highest BCUT2D eigenvalue weighted by Crippen LogP contribution is 2.58. The zero-order valence-electron chi connectivity index (χ0n) is 18.5. The van der Waals surface area contributed by atoms with Crippen molar-refractivity contribution >= 4 is 17.5 Å². The van der Waals surface area contributed by atoms with Gasteiger partial charge >= 0.3 is 0 Å². The average Bonchev–Trinajstić information content (AvgIpc) is 2.72. The summed E-state index contributed by atoms with van der Waals surface area (Å²) in [5, 5.41) is 55.8. The zero-order chi connectivity index (χ0) is 24.8. The topological polar surface area (TPSA) is 182 Å². The number of carbonyl (C=O) groups is 3. The summed E-state index contributed by atoms with van der Waals surface area (Å²) in [6, 6.07) is 4.44. The molecule has 1 amide bonds. The Hall–Kier alpha value is -3.21. The predicted molar refractivity (Wildman–Crippen MR) is 114 cm³/mol. The second-order valence-electron chi connectivity index (χ2n) is 9.34. The van der Waals surface area contributed by atoms with E-state index >= 15 is 0 Å². The molecule has 10 nitrogen and oxygen atoms in total. The van der Waals surface area contributed by atoms with Crippen LogP contribution in [0.15, 0.2) is 40.9 Å². The van der Waals surface area contributed by atoms with E-state index in [1.807, 2.05) is 0 Å². The molecule has 3 aliphatic rings. The maximum atomic E-state index is 13.4. The summed E-state index contributed by atoms with van der Waals surface area (Å²) in [5.41, 5.74) is -0.370. The maximum Gasteiger partial charge on any atom is 0.255 e. The number of Topliss-reactive ketones (excluding diaryl/α,β-unsaturated/α-hetero) is 2. The molecule has 0 heterocycles. The third kappa shape index (κ3) is 2.51. The van der Waals surface area contributed by atoms with Gasteiger partial charge in [-0.15, -0.1) is 0 Å². The van der Waals surface area contributed by atoms with Crippen molar-refractivity contribution in [1.29, 1.82) is 0 Å². The number of aromatic hydroxyl groups is 1. The van der Waals surface area contributed by atoms with E-state index in [0.717, 1.165) is 0 Å². The lowest BCUT2D eigenvalue weighted by molar-refractivity contribution is -0.173. The fourth-order valence-corrected chi connectivity index (χ4v) is 5.86. The van der Waals surface area contributed by atoms with E-state index in [9.17, 15) is 39.9 Å². The molecule has 6 atom stereocenters. The van der Waals surface area contributed by atoms with Crippen LogP contribution in [0, 0.1) is 11.8 Å². The Morgan fingerprint density at radius 3 is 2.27 bits per heavy atom. The van der Waals surface area contributed by atoms with Crippen LogP contribution in [0.4, 0.5) is 0 Å². The molecule has 10 heteroatoms. The Morgan fingerprint density at radius 1 is 1.12 bits per heavy atom. The van der Waals surface area contributed by atoms with Crippen molar-refractivity contribution in [3.8, 4) is 5.75 Å². The molecule has 7 N–H and O–H groups in total. The summed E-state index contributed by atoms with van der Waals surface area (Å²) in [7, 11) is 2.99. The molecule has 0 radical (unpaired) electrons. The molecule has 0 aliphatic heterocycles. The Balaban J connectivity index is 2.11. The van der Waals surface area contributed by atoms with Crippen molar-refractivity contribution < 1.29 is 39.9 Å². The van der Waals surface area contributed by atoms with Crippen molar-refractivity contribution in [3.63, 3.8) is 0 Å². The number of benzene rings is 1. The van der Waals surface area contributed by atoms with E-state index < -0.39 is 75.1 Å². The Labute approximate surface area is 189 Å². The number of ketones is 2. The van der Waals surface area contributed by atoms with E-state index in [4.69, 9.17) is 5.73 Å². The zero-order valence-corrected chi connectivity index (χ0v) is 18.5. The van der Waals surface area contributed by atoms with Gasteiger partial charge in [-0.25, -0.2) is 0 Å². The van der Waals surface area contributed by atoms with Gasteiger partial charge in [-0.2, -0.15) is 0 Å². The number of carbonyl (C=O) groups excluding carboxylic acids is 3. The summed E-state index contributed by atoms with van der Waals surface area (Å²) in [4.78, 5) is 40.2. The van der Waals surface area contributed by atoms with Gasteiger partial charge in [-0.1, -0.05) is 19.1 Å². The summed E-state index contributed by atoms with van der Waals surface area (Å²) < 4.78 is 0. The molecule has 0 bridgehead atoms. The number of primary amides is 1. The first-order chi connectivity index (χ1) is 15.2. The van der Waals surface area contributed by atoms with Crippen LogP contribution in [0.1, 0.15) is 35.7 Å². The number of likely N-dealkylation sites (N-methyl/N-ethyl adjacent to an activating group) is 1. The maximum absolute atomic E-state index is 13.4. The summed E-state index contributed by atoms with van der Waals surface area (Å²) in [5.74, 6) is -9.00. The minimum absolute atomic E-state index is 0.107. The minimum Gasteiger partial charge on any atom is -0.509 e. The standard InChI is InChI=1S/C23H26N2O8/c1-8-9-6-5-7-10(26)12(9)15(27)13-11(8)16(28)17-22(2,25(3)4)18(29)14(21(24)32)20(31)23(17,33)19(13)30/h5-8,11,16-17,26,28-30,33H,1-4H3,(H2,24,32)/t8?,11?,16?,17?,22-,23?/m0/s1. The van der Waals surface area contributed by atoms with Gasteiger partial charge in [-0.3, -0.25) is 19.3 Å². The predicted octanol–water partition coefficient (Wildman–Crippen LogP) is 0.0425. The smallest absolute Gasteiger partial charge is 0.255 e. The van der Waals surface area contributed by atoms with Crippen LogP contribution >= 0.6 is 0 Å². The van der Waals surface area contributed by atoms with Gasteiger partial charge < -0.3 is 31.3 Å². The SMILES string of the molecule is CC1c2cccc(O)c2C(=O)C2=C(O)C3(O)C(=O)C(C(N)=O)=C(O)[C@@](C)(N(C)C)C3C(O)C21. The number of aliphatic hydroxyl groups excluding tert-OH is 3. The second kappa shape index (κ2) is 6.89. The highest BCUT2D eigenvalue weighted by Gasteiger charge is 2.70. The molecule has 0 saturated heterocycles. The molecule has 0 spiro atoms. The molecule has 0 aromatic heterocycles. The number of phenols is 1. The molecule has 3 aliphatic carbocycles. The second-order valence-corrected chi connectivity index (χ2v) is 9.34. The van der Waals surface area contributed by atoms with Crippen LogP contribution in [0.3, 0.4) is 0 Å². The quantitative estimate of drug-likeness (QED) is 0.333. The largest absolute Gasteiger partial charge is 0.509 e. The van der Waals surface area contributed by atoms with Gasteiger partial charge in [0.15, 0.2) is 11.4 Å². The summed E-state index contributed by atoms with van der Waals surface area (Å²) in [6.45, 7) is 3.07. The van der Waals surface area contributed by atoms with E-state index in [2.05, 4.69) is 0 Å². The number of nitrogens with zero attached hydrogens (tertiary/aromatic N) is 1. The number of aliphatic hydroxyl groups is 4. The lowest BCUT2D eigenvalue weighted by Gasteiger charge is -2.57. The van der Waals surface area contributed by atoms with Crippen LogP contribution in [-0.4, -0.2) is 79.2 Å². The van der Waals surface area contributed by atoms with Gasteiger partial charge in [-0.05, 0) is 38.6 Å². The molecule has 5 unspecified atom stereocenters. The molecule has 1 aromatic carbocycles. The first kappa shape index (κ1) is 23.0. The van der Waals surface area contributed by atoms with E-state index in [1.165, 1.54) is 32.0 Å². The van der Waals surface area contributed by atoms with Gasteiger partial charge in [0.1, 0.15) is 22.8 Å². The third-order valence-electron chi connectivity index (χ3n) is 7.76. The highest BCUT2D eigenvalue weighted by atomic mass is 16.4. The number of rotatable bonds is 2. The van der Waals surface area contributed by atoms with Gasteiger partial charge in [0.25, 0.3) is 5.91 Å². The van der Waals surface area contributed by atoms with Crippen LogP contribution in [0.5, 0.6) is 5.75 Å². The van der Waals surface area contributed by atoms with E-state index in [1.54, 1.807) is 19.1 Å². The number of fused-ring (bicyclic) bond motifs is 3. The lowest BCUT2D eigenvalue weighted by atomic mass is 9.52. The number of hydrogen-bond acceptors (Lipinski definition) is 9. The van der Waals surface area contributed by atoms with Gasteiger partial charge in [0, 0.05) is 11.5 Å². The Morgan fingerprint density at radius 2 is 1.73 bits per heavy atom. The number of nitrogens with two attached hydrogens (primary N) is 1. The summed E-state index contributed by atoms with van der Waals surface area (Å²) >= 11 is 0. The van der Waals surface area contributed by atoms with Crippen LogP contribution in [-0.2, 0) is 9.59 Å². The van der Waals surface area contributed by atoms with Crippen molar-refractivity contribution in [2.24, 2.45) is 17.6 Å². The molecule has 0 saturated carbocycles. The highest BCUT2D eigenvalue weighted by molar-refractivity contribution is 6.25. The first-order valence-electron chi connectivity index (χ1n) is 10.4. The minimum atomic E-state index is -2.93. The van der Waals surface area contributed by atoms with Gasteiger partial charge in [0.05, 0.1) is 23.1 Å². The first-order valence-corrected chi connectivity index (χ1v) is 10.4.